The van der Waals surface area contributed by atoms with Gasteiger partial charge < -0.3 is 39.3 Å². The van der Waals surface area contributed by atoms with E-state index in [2.05, 4.69) is 54.0 Å². The highest BCUT2D eigenvalue weighted by atomic mass is 16.7. The molecule has 14 atom stereocenters. The number of hydrogen-bond acceptors (Lipinski definition) is 11. The van der Waals surface area contributed by atoms with Crippen LogP contribution >= 0.6 is 0 Å². The van der Waals surface area contributed by atoms with Crippen LogP contribution in [0.1, 0.15) is 91.7 Å². The third-order valence-corrected chi connectivity index (χ3v) is 13.1. The van der Waals surface area contributed by atoms with Gasteiger partial charge in [0.15, 0.2) is 12.1 Å². The van der Waals surface area contributed by atoms with Crippen molar-refractivity contribution < 1.29 is 39.1 Å². The molecule has 2 saturated heterocycles. The number of esters is 1. The maximum atomic E-state index is 13.9. The van der Waals surface area contributed by atoms with Gasteiger partial charge in [0.25, 0.3) is 0 Å². The molecular weight excluding hydrogens is 723 g/mol. The van der Waals surface area contributed by atoms with Crippen molar-refractivity contribution in [3.05, 3.63) is 59.2 Å². The minimum atomic E-state index is -1.19. The zero-order chi connectivity index (χ0) is 41.6. The molecule has 57 heavy (non-hydrogen) atoms. The fourth-order valence-corrected chi connectivity index (χ4v) is 10.0. The standard InChI is InChI=1S/C46H73N3O8/c1-10-40-37(27-49-23-29(3)19-30(4)24-49)20-28(2)15-16-38(50)31(5)21-34(17-18-48-25-35-13-11-12-14-36(35)26-48)45(32(6)39(51)22-41(52)56-40)57-46-44(54)42(47(8)9)43(53)33(7)55-46/h11-16,20,29-34,37,39-40,42-46,51,53-54H,10,17-19,21-27H2,1-9H3/b16-15-,28-20-/t29?,30?,31-,32+,33-,34+,37-,39-,40-,42+,43-,44-,45-,46+/m1/s1. The van der Waals surface area contributed by atoms with Crippen LogP contribution in [0.2, 0.25) is 0 Å². The lowest BCUT2D eigenvalue weighted by Gasteiger charge is -2.46. The van der Waals surface area contributed by atoms with Gasteiger partial charge in [0.05, 0.1) is 36.9 Å². The predicted octanol–water partition coefficient (Wildman–Crippen LogP) is 5.20. The van der Waals surface area contributed by atoms with E-state index in [0.717, 1.165) is 44.8 Å². The Balaban J connectivity index is 1.47. The first-order valence-electron chi connectivity index (χ1n) is 21.7. The summed E-state index contributed by atoms with van der Waals surface area (Å²) in [6.45, 7) is 19.3. The number of allylic oxidation sites excluding steroid dienone is 3. The molecule has 1 aromatic rings. The first-order chi connectivity index (χ1) is 27.0. The number of nitrogens with zero attached hydrogens (tertiary/aromatic N) is 3. The number of likely N-dealkylation sites (tertiary alicyclic amines) is 1. The molecule has 1 aromatic carbocycles. The van der Waals surface area contributed by atoms with E-state index >= 15 is 0 Å². The fourth-order valence-electron chi connectivity index (χ4n) is 10.0. The van der Waals surface area contributed by atoms with Crippen molar-refractivity contribution in [3.8, 4) is 0 Å². The second-order valence-electron chi connectivity index (χ2n) is 18.5. The Morgan fingerprint density at radius 1 is 0.895 bits per heavy atom. The first kappa shape index (κ1) is 45.6. The smallest absolute Gasteiger partial charge is 0.308 e. The summed E-state index contributed by atoms with van der Waals surface area (Å²) in [6, 6.07) is 7.79. The van der Waals surface area contributed by atoms with E-state index in [1.807, 2.05) is 33.8 Å². The molecule has 4 heterocycles. The number of aliphatic hydroxyl groups excluding tert-OH is 3. The van der Waals surface area contributed by atoms with Gasteiger partial charge in [-0.15, -0.1) is 0 Å². The number of piperidine rings is 1. The molecule has 0 aromatic heterocycles. The largest absolute Gasteiger partial charge is 0.462 e. The molecule has 3 N–H and O–H groups in total. The molecule has 11 nitrogen and oxygen atoms in total. The van der Waals surface area contributed by atoms with Crippen LogP contribution in [0.5, 0.6) is 0 Å². The number of fused-ring (bicyclic) bond motifs is 1. The van der Waals surface area contributed by atoms with Gasteiger partial charge in [0.1, 0.15) is 12.2 Å². The molecule has 0 aliphatic carbocycles. The maximum absolute atomic E-state index is 13.9. The molecule has 2 unspecified atom stereocenters. The zero-order valence-corrected chi connectivity index (χ0v) is 36.1. The molecular formula is C46H73N3O8. The van der Waals surface area contributed by atoms with Crippen LogP contribution < -0.4 is 0 Å². The van der Waals surface area contributed by atoms with E-state index in [1.54, 1.807) is 32.0 Å². The number of rotatable bonds is 9. The van der Waals surface area contributed by atoms with Crippen molar-refractivity contribution in [2.45, 2.75) is 143 Å². The van der Waals surface area contributed by atoms with Gasteiger partial charge in [-0.3, -0.25) is 14.5 Å². The van der Waals surface area contributed by atoms with Crippen LogP contribution in [-0.4, -0.2) is 131 Å². The number of carbonyl (C=O) groups is 2. The first-order valence-corrected chi connectivity index (χ1v) is 21.7. The fraction of sp³-hybridized carbons (Fsp3) is 0.739. The van der Waals surface area contributed by atoms with Gasteiger partial charge in [-0.2, -0.15) is 0 Å². The summed E-state index contributed by atoms with van der Waals surface area (Å²) < 4.78 is 19.2. The SMILES string of the molecule is CC[C@H]1OC(=O)C[C@@H](O)[C@H](C)[C@@H](O[C@@H]2O[C@H](C)[C@@H](O)[C@H](N(C)C)[C@H]2O)[C@@H](CCN2Cc3ccccc3C2)C[C@@H](C)C(=O)/C=C\C(C)=C/[C@@H]1CN1CC(C)CC(C)C1. The molecule has 320 valence electrons. The molecule has 0 saturated carbocycles. The molecule has 4 aliphatic rings. The van der Waals surface area contributed by atoms with Crippen LogP contribution in [0.15, 0.2) is 48.1 Å². The minimum absolute atomic E-state index is 0.00689. The molecule has 2 fully saturated rings. The maximum Gasteiger partial charge on any atom is 0.308 e. The van der Waals surface area contributed by atoms with Crippen LogP contribution in [0.25, 0.3) is 0 Å². The van der Waals surface area contributed by atoms with Gasteiger partial charge in [0, 0.05) is 50.5 Å². The molecule has 5 rings (SSSR count). The highest BCUT2D eigenvalue weighted by Crippen LogP contribution is 2.36. The summed E-state index contributed by atoms with van der Waals surface area (Å²) in [5, 5.41) is 34.5. The van der Waals surface area contributed by atoms with E-state index in [0.29, 0.717) is 31.1 Å². The lowest BCUT2D eigenvalue weighted by Crippen LogP contribution is -2.63. The molecule has 11 heteroatoms. The average molecular weight is 796 g/mol. The van der Waals surface area contributed by atoms with Gasteiger partial charge in [0.2, 0.25) is 0 Å². The summed E-state index contributed by atoms with van der Waals surface area (Å²) >= 11 is 0. The lowest BCUT2D eigenvalue weighted by atomic mass is 9.79. The van der Waals surface area contributed by atoms with Crippen molar-refractivity contribution >= 4 is 11.8 Å². The van der Waals surface area contributed by atoms with Crippen molar-refractivity contribution in [1.29, 1.82) is 0 Å². The van der Waals surface area contributed by atoms with Crippen molar-refractivity contribution in [1.82, 2.24) is 14.7 Å². The van der Waals surface area contributed by atoms with Crippen molar-refractivity contribution in [2.75, 3.05) is 40.3 Å². The Morgan fingerprint density at radius 2 is 1.54 bits per heavy atom. The predicted molar refractivity (Wildman–Crippen MR) is 222 cm³/mol. The molecule has 4 aliphatic heterocycles. The monoisotopic (exact) mass is 796 g/mol. The van der Waals surface area contributed by atoms with E-state index in [1.165, 1.54) is 17.5 Å². The van der Waals surface area contributed by atoms with Crippen LogP contribution in [-0.2, 0) is 36.9 Å². The second kappa shape index (κ2) is 20.7. The zero-order valence-electron chi connectivity index (χ0n) is 36.1. The Hall–Kier alpha value is -2.48. The molecule has 0 amide bonds. The van der Waals surface area contributed by atoms with Crippen LogP contribution in [0.3, 0.4) is 0 Å². The summed E-state index contributed by atoms with van der Waals surface area (Å²) in [5.41, 5.74) is 3.54. The highest BCUT2D eigenvalue weighted by Gasteiger charge is 2.47. The molecule has 0 bridgehead atoms. The summed E-state index contributed by atoms with van der Waals surface area (Å²) in [7, 11) is 3.60. The number of aliphatic hydroxyl groups is 3. The third-order valence-electron chi connectivity index (χ3n) is 13.1. The third kappa shape index (κ3) is 12.1. The van der Waals surface area contributed by atoms with Gasteiger partial charge in [-0.05, 0) is 95.1 Å². The van der Waals surface area contributed by atoms with Gasteiger partial charge in [-0.25, -0.2) is 0 Å². The summed E-state index contributed by atoms with van der Waals surface area (Å²) in [4.78, 5) is 34.4. The Bertz CT molecular complexity index is 1500. The number of carbonyl (C=O) groups excluding carboxylic acids is 2. The molecule has 0 spiro atoms. The Labute approximate surface area is 342 Å². The van der Waals surface area contributed by atoms with E-state index < -0.39 is 60.8 Å². The van der Waals surface area contributed by atoms with Crippen LogP contribution in [0, 0.1) is 35.5 Å². The second-order valence-corrected chi connectivity index (χ2v) is 18.5. The summed E-state index contributed by atoms with van der Waals surface area (Å²) in [5.74, 6) is -0.628. The van der Waals surface area contributed by atoms with Crippen molar-refractivity contribution in [2.24, 2.45) is 35.5 Å². The van der Waals surface area contributed by atoms with Gasteiger partial charge in [-0.1, -0.05) is 76.6 Å². The number of benzene rings is 1. The van der Waals surface area contributed by atoms with E-state index in [9.17, 15) is 24.9 Å². The normalized spacial score (nSPS) is 39.7. The van der Waals surface area contributed by atoms with Crippen LogP contribution in [0.4, 0.5) is 0 Å². The quantitative estimate of drug-likeness (QED) is 0.285. The lowest BCUT2D eigenvalue weighted by molar-refractivity contribution is -0.304. The number of ketones is 1. The van der Waals surface area contributed by atoms with E-state index in [4.69, 9.17) is 14.2 Å². The average Bonchev–Trinajstić information content (AvgIpc) is 3.57. The molecule has 0 radical (unpaired) electrons. The number of hydrogen-bond donors (Lipinski definition) is 3. The Morgan fingerprint density at radius 3 is 2.16 bits per heavy atom. The highest BCUT2D eigenvalue weighted by molar-refractivity contribution is 5.91. The van der Waals surface area contributed by atoms with E-state index in [-0.39, 0.29) is 30.0 Å². The Kier molecular flexibility index (Phi) is 16.5. The number of likely N-dealkylation sites (N-methyl/N-ethyl adjacent to an activating group) is 1. The van der Waals surface area contributed by atoms with Crippen molar-refractivity contribution in [3.63, 3.8) is 0 Å². The number of ether oxygens (including phenoxy) is 3. The summed E-state index contributed by atoms with van der Waals surface area (Å²) in [6.07, 6.45) is 2.26. The van der Waals surface area contributed by atoms with Gasteiger partial charge >= 0.3 is 5.97 Å². The minimum Gasteiger partial charge on any atom is -0.462 e. The number of cyclic esters (lactones) is 1. The topological polar surface area (TPSA) is 132 Å².